The molecular weight excluding hydrogens is 184 g/mol. The first kappa shape index (κ1) is 8.36. The van der Waals surface area contributed by atoms with E-state index in [0.29, 0.717) is 0 Å². The molecule has 0 aliphatic carbocycles. The van der Waals surface area contributed by atoms with Crippen molar-refractivity contribution >= 4 is 21.8 Å². The van der Waals surface area contributed by atoms with Gasteiger partial charge >= 0.3 is 0 Å². The molecule has 3 rings (SSSR count). The Labute approximate surface area is 87.6 Å². The Morgan fingerprint density at radius 2 is 2.00 bits per heavy atom. The summed E-state index contributed by atoms with van der Waals surface area (Å²) in [4.78, 5) is 8.70. The monoisotopic (exact) mass is 194 g/mol. The van der Waals surface area contributed by atoms with Crippen molar-refractivity contribution in [3.8, 4) is 0 Å². The average Bonchev–Trinajstić information content (AvgIpc) is 2.27. The van der Waals surface area contributed by atoms with Crippen LogP contribution < -0.4 is 0 Å². The van der Waals surface area contributed by atoms with E-state index in [0.717, 1.165) is 16.4 Å². The minimum absolute atomic E-state index is 0.958. The Bertz CT molecular complexity index is 644. The third-order valence-electron chi connectivity index (χ3n) is 2.64. The number of hydrogen-bond donors (Lipinski definition) is 0. The van der Waals surface area contributed by atoms with E-state index in [4.69, 9.17) is 0 Å². The summed E-state index contributed by atoms with van der Waals surface area (Å²) in [7, 11) is 0. The first-order valence-electron chi connectivity index (χ1n) is 4.95. The molecule has 0 fully saturated rings. The average molecular weight is 194 g/mol. The topological polar surface area (TPSA) is 25.8 Å². The molecule has 2 heteroatoms. The van der Waals surface area contributed by atoms with Gasteiger partial charge in [-0.05, 0) is 24.6 Å². The Kier molecular flexibility index (Phi) is 1.68. The molecule has 3 aromatic rings. The van der Waals surface area contributed by atoms with Gasteiger partial charge in [-0.2, -0.15) is 0 Å². The molecule has 2 nitrogen and oxygen atoms in total. The number of pyridine rings is 2. The van der Waals surface area contributed by atoms with Gasteiger partial charge in [0.2, 0.25) is 0 Å². The van der Waals surface area contributed by atoms with Crippen molar-refractivity contribution in [3.05, 3.63) is 48.3 Å². The van der Waals surface area contributed by atoms with Crippen LogP contribution in [0.25, 0.3) is 21.8 Å². The molecule has 0 saturated heterocycles. The Morgan fingerprint density at radius 1 is 1.07 bits per heavy atom. The number of aromatic nitrogens is 2. The Hall–Kier alpha value is -1.96. The number of hydrogen-bond acceptors (Lipinski definition) is 2. The highest BCUT2D eigenvalue weighted by atomic mass is 14.7. The van der Waals surface area contributed by atoms with Crippen LogP contribution in [0.5, 0.6) is 0 Å². The Balaban J connectivity index is 2.53. The molecule has 15 heavy (non-hydrogen) atoms. The lowest BCUT2D eigenvalue weighted by Crippen LogP contribution is -1.85. The van der Waals surface area contributed by atoms with Crippen molar-refractivity contribution < 1.29 is 0 Å². The molecule has 0 N–H and O–H groups in total. The van der Waals surface area contributed by atoms with E-state index in [1.165, 1.54) is 10.9 Å². The van der Waals surface area contributed by atoms with Crippen LogP contribution in [0.3, 0.4) is 0 Å². The fraction of sp³-hybridized carbons (Fsp3) is 0.0769. The minimum Gasteiger partial charge on any atom is -0.262 e. The normalized spacial score (nSPS) is 11.0. The fourth-order valence-corrected chi connectivity index (χ4v) is 1.85. The molecule has 0 radical (unpaired) electrons. The second-order valence-electron chi connectivity index (χ2n) is 3.70. The lowest BCUT2D eigenvalue weighted by atomic mass is 10.1. The van der Waals surface area contributed by atoms with E-state index in [-0.39, 0.29) is 0 Å². The van der Waals surface area contributed by atoms with E-state index in [1.54, 1.807) is 12.4 Å². The highest BCUT2D eigenvalue weighted by Gasteiger charge is 2.00. The summed E-state index contributed by atoms with van der Waals surface area (Å²) in [5.74, 6) is 0. The smallest absolute Gasteiger partial charge is 0.0892 e. The maximum absolute atomic E-state index is 4.61. The minimum atomic E-state index is 0.958. The summed E-state index contributed by atoms with van der Waals surface area (Å²) >= 11 is 0. The molecule has 72 valence electrons. The van der Waals surface area contributed by atoms with Crippen molar-refractivity contribution in [3.63, 3.8) is 0 Å². The predicted molar refractivity (Wildman–Crippen MR) is 61.8 cm³/mol. The molecule has 0 atom stereocenters. The third kappa shape index (κ3) is 1.26. The first-order chi connectivity index (χ1) is 7.34. The van der Waals surface area contributed by atoms with Crippen LogP contribution in [0.4, 0.5) is 0 Å². The molecule has 0 spiro atoms. The number of para-hydroxylation sites is 1. The van der Waals surface area contributed by atoms with Gasteiger partial charge in [0.05, 0.1) is 17.2 Å². The van der Waals surface area contributed by atoms with Gasteiger partial charge in [0.15, 0.2) is 0 Å². The fourth-order valence-electron chi connectivity index (χ4n) is 1.85. The second kappa shape index (κ2) is 3.02. The van der Waals surface area contributed by atoms with Gasteiger partial charge in [-0.1, -0.05) is 18.2 Å². The number of aryl methyl sites for hydroxylation is 1. The van der Waals surface area contributed by atoms with Crippen molar-refractivity contribution in [2.75, 3.05) is 0 Å². The van der Waals surface area contributed by atoms with Gasteiger partial charge in [-0.15, -0.1) is 0 Å². The molecule has 0 aliphatic heterocycles. The molecule has 0 unspecified atom stereocenters. The number of benzene rings is 1. The molecule has 1 aromatic carbocycles. The highest BCUT2D eigenvalue weighted by molar-refractivity contribution is 5.93. The van der Waals surface area contributed by atoms with Crippen molar-refractivity contribution in [2.24, 2.45) is 0 Å². The van der Waals surface area contributed by atoms with Crippen LogP contribution in [0, 0.1) is 6.92 Å². The highest BCUT2D eigenvalue weighted by Crippen LogP contribution is 2.20. The van der Waals surface area contributed by atoms with Crippen LogP contribution in [0.2, 0.25) is 0 Å². The zero-order chi connectivity index (χ0) is 10.3. The van der Waals surface area contributed by atoms with E-state index in [1.807, 2.05) is 6.07 Å². The van der Waals surface area contributed by atoms with E-state index < -0.39 is 0 Å². The lowest BCUT2D eigenvalue weighted by molar-refractivity contribution is 1.33. The summed E-state index contributed by atoms with van der Waals surface area (Å²) < 4.78 is 0. The number of nitrogens with zero attached hydrogens (tertiary/aromatic N) is 2. The standard InChI is InChI=1S/C13H10N2/c1-9-3-2-4-11-7-10-5-6-14-8-12(10)15-13(9)11/h2-8H,1H3. The summed E-state index contributed by atoms with van der Waals surface area (Å²) in [6, 6.07) is 10.4. The largest absolute Gasteiger partial charge is 0.262 e. The Morgan fingerprint density at radius 3 is 2.93 bits per heavy atom. The first-order valence-corrected chi connectivity index (χ1v) is 4.95. The zero-order valence-corrected chi connectivity index (χ0v) is 8.44. The summed E-state index contributed by atoms with van der Waals surface area (Å²) in [6.45, 7) is 2.08. The summed E-state index contributed by atoms with van der Waals surface area (Å²) in [5, 5.41) is 2.33. The third-order valence-corrected chi connectivity index (χ3v) is 2.64. The SMILES string of the molecule is Cc1cccc2cc3ccncc3nc12. The van der Waals surface area contributed by atoms with Crippen molar-refractivity contribution in [1.82, 2.24) is 9.97 Å². The van der Waals surface area contributed by atoms with Crippen LogP contribution in [0.1, 0.15) is 5.56 Å². The van der Waals surface area contributed by atoms with Crippen LogP contribution in [-0.4, -0.2) is 9.97 Å². The summed E-state index contributed by atoms with van der Waals surface area (Å²) in [6.07, 6.45) is 3.60. The van der Waals surface area contributed by atoms with Gasteiger partial charge in [-0.3, -0.25) is 4.98 Å². The number of fused-ring (bicyclic) bond motifs is 2. The lowest BCUT2D eigenvalue weighted by Gasteiger charge is -2.02. The maximum Gasteiger partial charge on any atom is 0.0892 e. The molecular formula is C13H10N2. The van der Waals surface area contributed by atoms with E-state index in [9.17, 15) is 0 Å². The molecule has 0 bridgehead atoms. The van der Waals surface area contributed by atoms with E-state index >= 15 is 0 Å². The van der Waals surface area contributed by atoms with Crippen LogP contribution in [0.15, 0.2) is 42.7 Å². The van der Waals surface area contributed by atoms with E-state index in [2.05, 4.69) is 41.2 Å². The van der Waals surface area contributed by atoms with Crippen molar-refractivity contribution in [2.45, 2.75) is 6.92 Å². The van der Waals surface area contributed by atoms with Gasteiger partial charge in [-0.25, -0.2) is 4.98 Å². The maximum atomic E-state index is 4.61. The molecule has 0 aliphatic rings. The predicted octanol–water partition coefficient (Wildman–Crippen LogP) is 3.09. The van der Waals surface area contributed by atoms with Crippen LogP contribution >= 0.6 is 0 Å². The second-order valence-corrected chi connectivity index (χ2v) is 3.70. The van der Waals surface area contributed by atoms with Gasteiger partial charge in [0, 0.05) is 17.0 Å². The van der Waals surface area contributed by atoms with Crippen molar-refractivity contribution in [1.29, 1.82) is 0 Å². The number of rotatable bonds is 0. The quantitative estimate of drug-likeness (QED) is 0.514. The molecule has 2 aromatic heterocycles. The zero-order valence-electron chi connectivity index (χ0n) is 8.44. The molecule has 2 heterocycles. The van der Waals surface area contributed by atoms with Crippen LogP contribution in [-0.2, 0) is 0 Å². The van der Waals surface area contributed by atoms with Gasteiger partial charge in [0.25, 0.3) is 0 Å². The molecule has 0 amide bonds. The summed E-state index contributed by atoms with van der Waals surface area (Å²) in [5.41, 5.74) is 3.23. The van der Waals surface area contributed by atoms with Gasteiger partial charge in [0.1, 0.15) is 0 Å². The van der Waals surface area contributed by atoms with Gasteiger partial charge < -0.3 is 0 Å². The molecule has 0 saturated carbocycles.